The predicted molar refractivity (Wildman–Crippen MR) is 27.3 cm³/mol. The molecule has 0 fully saturated rings. The summed E-state index contributed by atoms with van der Waals surface area (Å²) in [6, 6.07) is 0. The Morgan fingerprint density at radius 3 is 0.600 bits per heavy atom. The van der Waals surface area contributed by atoms with Gasteiger partial charge in [0.1, 0.15) is 0 Å². The molecule has 0 aromatic carbocycles. The Morgan fingerprint density at radius 1 is 0.600 bits per heavy atom. The van der Waals surface area contributed by atoms with Crippen molar-refractivity contribution < 1.29 is 21.7 Å². The van der Waals surface area contributed by atoms with Crippen molar-refractivity contribution in [3.05, 3.63) is 14.9 Å². The van der Waals surface area contributed by atoms with Gasteiger partial charge in [-0.25, -0.2) is 0 Å². The maximum absolute atomic E-state index is 0. The Bertz CT molecular complexity index is 7.61. The van der Waals surface area contributed by atoms with Gasteiger partial charge in [0.25, 0.3) is 0 Å². The van der Waals surface area contributed by atoms with Gasteiger partial charge in [-0.2, -0.15) is 0 Å². The van der Waals surface area contributed by atoms with Crippen molar-refractivity contribution in [2.24, 2.45) is 0 Å². The molecule has 0 aliphatic carbocycles. The second-order valence-electron chi connectivity index (χ2n) is 0. The normalized spacial score (nSPS) is 0. The zero-order valence-corrected chi connectivity index (χ0v) is 6.51. The quantitative estimate of drug-likeness (QED) is 0.365. The smallest absolute Gasteiger partial charge is 0.358 e. The molecular formula is C2H8Cl2Ti. The van der Waals surface area contributed by atoms with Crippen molar-refractivity contribution in [3.63, 3.8) is 0 Å². The van der Waals surface area contributed by atoms with Crippen LogP contribution in [0.1, 0.15) is 0 Å². The summed E-state index contributed by atoms with van der Waals surface area (Å²) in [6.45, 7) is 0. The molecule has 0 saturated heterocycles. The molecule has 0 bridgehead atoms. The van der Waals surface area contributed by atoms with Crippen molar-refractivity contribution in [2.75, 3.05) is 0 Å². The Hall–Kier alpha value is 1.29. The van der Waals surface area contributed by atoms with Crippen molar-refractivity contribution in [1.82, 2.24) is 0 Å². The third-order valence-corrected chi connectivity index (χ3v) is 0. The van der Waals surface area contributed by atoms with Crippen LogP contribution in [0, 0.1) is 14.9 Å². The molecule has 3 heteroatoms. The Balaban J connectivity index is 0. The van der Waals surface area contributed by atoms with Crippen LogP contribution in [-0.4, -0.2) is 0 Å². The molecule has 0 saturated carbocycles. The maximum Gasteiger partial charge on any atom is 2.00 e. The fraction of sp³-hybridized carbons (Fsp3) is 0. The molecular weight excluding hydrogens is 143 g/mol. The minimum atomic E-state index is 0. The van der Waals surface area contributed by atoms with Gasteiger partial charge in [0, 0.05) is 0 Å². The van der Waals surface area contributed by atoms with Crippen molar-refractivity contribution in [2.45, 2.75) is 0 Å². The zero-order valence-electron chi connectivity index (χ0n) is 3.32. The van der Waals surface area contributed by atoms with E-state index in [2.05, 4.69) is 0 Å². The van der Waals surface area contributed by atoms with E-state index in [0.717, 1.165) is 0 Å². The molecule has 0 radical (unpaired) electrons. The summed E-state index contributed by atoms with van der Waals surface area (Å²) in [7, 11) is 0. The molecule has 0 aliphatic heterocycles. The molecule has 0 heterocycles. The summed E-state index contributed by atoms with van der Waals surface area (Å²) in [5.41, 5.74) is 0. The molecule has 0 aromatic rings. The molecule has 0 unspecified atom stereocenters. The number of rotatable bonds is 0. The number of hydrogen-bond acceptors (Lipinski definition) is 0. The third kappa shape index (κ3) is 34.3. The molecule has 0 amide bonds. The first-order valence-corrected chi connectivity index (χ1v) is 0. The first kappa shape index (κ1) is 105. The van der Waals surface area contributed by atoms with Crippen LogP contribution < -0.4 is 0 Å². The van der Waals surface area contributed by atoms with Gasteiger partial charge >= 0.3 is 21.7 Å². The van der Waals surface area contributed by atoms with Crippen LogP contribution >= 0.6 is 24.8 Å². The Kier molecular flexibility index (Phi) is 1230. The van der Waals surface area contributed by atoms with Crippen molar-refractivity contribution >= 4 is 24.8 Å². The fourth-order valence-electron chi connectivity index (χ4n) is 0. The molecule has 0 aliphatic rings. The summed E-state index contributed by atoms with van der Waals surface area (Å²) in [5, 5.41) is 0. The summed E-state index contributed by atoms with van der Waals surface area (Å²) < 4.78 is 0. The number of hydrogen-bond donors (Lipinski definition) is 0. The van der Waals surface area contributed by atoms with E-state index in [1.807, 2.05) is 0 Å². The second-order valence-corrected chi connectivity index (χ2v) is 0. The van der Waals surface area contributed by atoms with Gasteiger partial charge in [-0.3, -0.25) is 0 Å². The van der Waals surface area contributed by atoms with Gasteiger partial charge in [-0.1, -0.05) is 0 Å². The van der Waals surface area contributed by atoms with Crippen LogP contribution in [0.3, 0.4) is 0 Å². The molecule has 0 N–H and O–H groups in total. The minimum absolute atomic E-state index is 0. The Labute approximate surface area is 61.4 Å². The third-order valence-electron chi connectivity index (χ3n) is 0. The van der Waals surface area contributed by atoms with Gasteiger partial charge in [-0.05, 0) is 0 Å². The van der Waals surface area contributed by atoms with Gasteiger partial charge in [0.2, 0.25) is 0 Å². The van der Waals surface area contributed by atoms with Crippen LogP contribution in [0.5, 0.6) is 0 Å². The second kappa shape index (κ2) is 58.3. The van der Waals surface area contributed by atoms with Gasteiger partial charge in [0.05, 0.1) is 0 Å². The fourth-order valence-corrected chi connectivity index (χ4v) is 0. The van der Waals surface area contributed by atoms with E-state index in [9.17, 15) is 0 Å². The van der Waals surface area contributed by atoms with Gasteiger partial charge in [0.15, 0.2) is 0 Å². The van der Waals surface area contributed by atoms with Gasteiger partial charge in [-0.15, -0.1) is 24.8 Å². The van der Waals surface area contributed by atoms with E-state index in [1.54, 1.807) is 0 Å². The summed E-state index contributed by atoms with van der Waals surface area (Å²) in [4.78, 5) is 0. The molecule has 0 aromatic heterocycles. The van der Waals surface area contributed by atoms with Crippen LogP contribution in [0.4, 0.5) is 0 Å². The first-order chi connectivity index (χ1) is 0. The maximum atomic E-state index is 0. The van der Waals surface area contributed by atoms with Crippen molar-refractivity contribution in [1.29, 1.82) is 0 Å². The SMILES string of the molecule is Cl.Cl.[CH3-].[CH3-].[Ti+2]. The predicted octanol–water partition coefficient (Wildman–Crippen LogP) is 1.74. The Morgan fingerprint density at radius 2 is 0.600 bits per heavy atom. The van der Waals surface area contributed by atoms with Crippen LogP contribution in [0.15, 0.2) is 0 Å². The van der Waals surface area contributed by atoms with Gasteiger partial charge < -0.3 is 14.9 Å². The zero-order chi connectivity index (χ0) is 0. The summed E-state index contributed by atoms with van der Waals surface area (Å²) >= 11 is 0. The molecule has 0 nitrogen and oxygen atoms in total. The topological polar surface area (TPSA) is 0 Å². The van der Waals surface area contributed by atoms with Crippen LogP contribution in [0.25, 0.3) is 0 Å². The average molecular weight is 151 g/mol. The molecule has 0 spiro atoms. The minimum Gasteiger partial charge on any atom is -0.358 e. The average Bonchev–Trinajstić information content (AvgIpc) is 0. The number of halogens is 2. The summed E-state index contributed by atoms with van der Waals surface area (Å²) in [5.74, 6) is 0. The largest absolute Gasteiger partial charge is 2.00 e. The molecule has 0 rings (SSSR count). The molecule has 34 valence electrons. The molecule has 0 atom stereocenters. The standard InChI is InChI=1S/2CH3.2ClH.Ti/h2*1H3;2*1H;/q2*-1;;;+2. The van der Waals surface area contributed by atoms with E-state index >= 15 is 0 Å². The van der Waals surface area contributed by atoms with E-state index in [1.165, 1.54) is 0 Å². The van der Waals surface area contributed by atoms with E-state index < -0.39 is 0 Å². The summed E-state index contributed by atoms with van der Waals surface area (Å²) in [6.07, 6.45) is 0. The molecule has 5 heavy (non-hydrogen) atoms. The first-order valence-electron chi connectivity index (χ1n) is 0. The van der Waals surface area contributed by atoms with Crippen LogP contribution in [0.2, 0.25) is 0 Å². The van der Waals surface area contributed by atoms with E-state index in [-0.39, 0.29) is 61.4 Å². The van der Waals surface area contributed by atoms with Crippen molar-refractivity contribution in [3.8, 4) is 0 Å². The monoisotopic (exact) mass is 150 g/mol. The van der Waals surface area contributed by atoms with E-state index in [0.29, 0.717) is 0 Å². The van der Waals surface area contributed by atoms with Crippen LogP contribution in [-0.2, 0) is 21.7 Å². The van der Waals surface area contributed by atoms with E-state index in [4.69, 9.17) is 0 Å².